The molecular weight excluding hydrogens is 462 g/mol. The first-order valence-corrected chi connectivity index (χ1v) is 11.7. The maximum atomic E-state index is 13.3. The van der Waals surface area contributed by atoms with Gasteiger partial charge in [0.2, 0.25) is 0 Å². The van der Waals surface area contributed by atoms with E-state index in [1.54, 1.807) is 18.2 Å². The van der Waals surface area contributed by atoms with Gasteiger partial charge in [0.05, 0.1) is 4.92 Å². The van der Waals surface area contributed by atoms with E-state index in [2.05, 4.69) is 5.32 Å². The average Bonchev–Trinajstić information content (AvgIpc) is 3.40. The van der Waals surface area contributed by atoms with Crippen molar-refractivity contribution in [3.63, 3.8) is 0 Å². The molecule has 1 aliphatic heterocycles. The second-order valence-electron chi connectivity index (χ2n) is 8.84. The Morgan fingerprint density at radius 1 is 1.03 bits per heavy atom. The van der Waals surface area contributed by atoms with Crippen molar-refractivity contribution in [1.29, 1.82) is 0 Å². The number of hydrogen-bond donors (Lipinski definition) is 1. The van der Waals surface area contributed by atoms with Gasteiger partial charge in [-0.3, -0.25) is 29.9 Å². The molecule has 9 heteroatoms. The second kappa shape index (κ2) is 9.61. The van der Waals surface area contributed by atoms with Crippen LogP contribution in [0.5, 0.6) is 5.75 Å². The molecule has 3 aromatic rings. The van der Waals surface area contributed by atoms with Gasteiger partial charge in [0, 0.05) is 23.7 Å². The van der Waals surface area contributed by atoms with Crippen molar-refractivity contribution < 1.29 is 24.0 Å². The predicted octanol–water partition coefficient (Wildman–Crippen LogP) is 4.73. The number of nitrogens with one attached hydrogen (secondary N) is 1. The topological polar surface area (TPSA) is 119 Å². The minimum Gasteiger partial charge on any atom is -0.488 e. The average molecular weight is 485 g/mol. The summed E-state index contributed by atoms with van der Waals surface area (Å²) in [6.07, 6.45) is 4.75. The number of imide groups is 2. The number of nitro groups is 1. The van der Waals surface area contributed by atoms with Crippen LogP contribution in [0.15, 0.2) is 66.2 Å². The maximum Gasteiger partial charge on any atom is 0.331 e. The Balaban J connectivity index is 1.54. The molecule has 0 radical (unpaired) electrons. The molecule has 0 atom stereocenters. The fourth-order valence-corrected chi connectivity index (χ4v) is 4.78. The van der Waals surface area contributed by atoms with Crippen molar-refractivity contribution in [3.05, 3.63) is 87.5 Å². The number of fused-ring (bicyclic) bond motifs is 1. The second-order valence-corrected chi connectivity index (χ2v) is 8.84. The Labute approximate surface area is 206 Å². The number of amides is 4. The Kier molecular flexibility index (Phi) is 6.20. The number of non-ortho nitro benzene ring substituents is 1. The maximum absolute atomic E-state index is 13.3. The first kappa shape index (κ1) is 23.2. The molecule has 1 N–H and O–H groups in total. The molecule has 5 rings (SSSR count). The van der Waals surface area contributed by atoms with Gasteiger partial charge in [0.25, 0.3) is 17.5 Å². The van der Waals surface area contributed by atoms with E-state index in [4.69, 9.17) is 4.74 Å². The van der Waals surface area contributed by atoms with Crippen LogP contribution in [-0.4, -0.2) is 33.7 Å². The number of carbonyl (C=O) groups is 3. The SMILES string of the molecule is O=C1NC(=O)N(C2CCCC2)C(=O)/C1=C/c1c(OCc2cccc([N+](=O)[O-])c2)ccc2ccccc12. The number of carbonyl (C=O) groups excluding carboxylic acids is 3. The van der Waals surface area contributed by atoms with Crippen molar-refractivity contribution in [1.82, 2.24) is 10.2 Å². The Bertz CT molecular complexity index is 1420. The van der Waals surface area contributed by atoms with Crippen LogP contribution in [-0.2, 0) is 16.2 Å². The quantitative estimate of drug-likeness (QED) is 0.233. The third-order valence-electron chi connectivity index (χ3n) is 6.56. The van der Waals surface area contributed by atoms with Crippen LogP contribution in [0, 0.1) is 10.1 Å². The standard InChI is InChI=1S/C27H23N3O6/c31-25-23(26(32)29(27(33)28-25)19-8-2-3-9-19)15-22-21-11-4-1-7-18(21)12-13-24(22)36-16-17-6-5-10-20(14-17)30(34)35/h1,4-7,10-15,19H,2-3,8-9,16H2,(H,28,31,33)/b23-15+. The van der Waals surface area contributed by atoms with Crippen LogP contribution in [0.3, 0.4) is 0 Å². The lowest BCUT2D eigenvalue weighted by molar-refractivity contribution is -0.384. The van der Waals surface area contributed by atoms with E-state index in [9.17, 15) is 24.5 Å². The molecule has 2 aliphatic rings. The first-order valence-electron chi connectivity index (χ1n) is 11.7. The molecule has 182 valence electrons. The monoisotopic (exact) mass is 485 g/mol. The van der Waals surface area contributed by atoms with Crippen LogP contribution in [0.25, 0.3) is 16.8 Å². The fourth-order valence-electron chi connectivity index (χ4n) is 4.78. The van der Waals surface area contributed by atoms with Gasteiger partial charge in [-0.05, 0) is 41.3 Å². The highest BCUT2D eigenvalue weighted by Crippen LogP contribution is 2.33. The summed E-state index contributed by atoms with van der Waals surface area (Å²) in [4.78, 5) is 50.4. The number of nitro benzene ring substituents is 1. The molecule has 0 unspecified atom stereocenters. The summed E-state index contributed by atoms with van der Waals surface area (Å²) in [7, 11) is 0. The summed E-state index contributed by atoms with van der Waals surface area (Å²) < 4.78 is 6.04. The van der Waals surface area contributed by atoms with Crippen LogP contribution in [0.1, 0.15) is 36.8 Å². The Morgan fingerprint density at radius 2 is 1.81 bits per heavy atom. The van der Waals surface area contributed by atoms with Crippen molar-refractivity contribution in [2.45, 2.75) is 38.3 Å². The number of benzene rings is 3. The van der Waals surface area contributed by atoms with Crippen molar-refractivity contribution in [2.75, 3.05) is 0 Å². The highest BCUT2D eigenvalue weighted by atomic mass is 16.6. The summed E-state index contributed by atoms with van der Waals surface area (Å²) in [6, 6.07) is 16.3. The number of rotatable bonds is 6. The summed E-state index contributed by atoms with van der Waals surface area (Å²) >= 11 is 0. The van der Waals surface area contributed by atoms with E-state index in [1.165, 1.54) is 18.2 Å². The molecule has 1 aliphatic carbocycles. The number of urea groups is 1. The van der Waals surface area contributed by atoms with Crippen molar-refractivity contribution >= 4 is 40.4 Å². The van der Waals surface area contributed by atoms with Gasteiger partial charge in [-0.2, -0.15) is 0 Å². The third-order valence-corrected chi connectivity index (χ3v) is 6.56. The van der Waals surface area contributed by atoms with Crippen molar-refractivity contribution in [3.8, 4) is 5.75 Å². The Hall–Kier alpha value is -4.53. The largest absolute Gasteiger partial charge is 0.488 e. The molecule has 0 bridgehead atoms. The molecule has 36 heavy (non-hydrogen) atoms. The molecule has 0 aromatic heterocycles. The van der Waals surface area contributed by atoms with Gasteiger partial charge >= 0.3 is 6.03 Å². The molecule has 2 fully saturated rings. The van der Waals surface area contributed by atoms with E-state index >= 15 is 0 Å². The molecule has 1 saturated carbocycles. The Morgan fingerprint density at radius 3 is 2.58 bits per heavy atom. The highest BCUT2D eigenvalue weighted by Gasteiger charge is 2.40. The summed E-state index contributed by atoms with van der Waals surface area (Å²) in [5.74, 6) is -0.970. The van der Waals surface area contributed by atoms with Crippen LogP contribution in [0.4, 0.5) is 10.5 Å². The van der Waals surface area contributed by atoms with E-state index in [0.717, 1.165) is 28.5 Å². The van der Waals surface area contributed by atoms with Gasteiger partial charge in [-0.25, -0.2) is 4.79 Å². The van der Waals surface area contributed by atoms with E-state index < -0.39 is 22.8 Å². The number of hydrogen-bond acceptors (Lipinski definition) is 6. The molecule has 1 saturated heterocycles. The van der Waals surface area contributed by atoms with Crippen LogP contribution < -0.4 is 10.1 Å². The molecule has 3 aromatic carbocycles. The molecular formula is C27H23N3O6. The van der Waals surface area contributed by atoms with Crippen LogP contribution >= 0.6 is 0 Å². The minimum absolute atomic E-state index is 0.0434. The zero-order chi connectivity index (χ0) is 25.2. The summed E-state index contributed by atoms with van der Waals surface area (Å²) in [5.41, 5.74) is 0.925. The zero-order valence-electron chi connectivity index (χ0n) is 19.3. The lowest BCUT2D eigenvalue weighted by atomic mass is 9.99. The molecule has 0 spiro atoms. The number of barbiturate groups is 1. The van der Waals surface area contributed by atoms with E-state index in [-0.39, 0.29) is 23.9 Å². The molecule has 1 heterocycles. The van der Waals surface area contributed by atoms with Gasteiger partial charge < -0.3 is 4.74 Å². The van der Waals surface area contributed by atoms with E-state index in [0.29, 0.717) is 29.7 Å². The van der Waals surface area contributed by atoms with Gasteiger partial charge in [-0.15, -0.1) is 0 Å². The van der Waals surface area contributed by atoms with Gasteiger partial charge in [-0.1, -0.05) is 55.3 Å². The van der Waals surface area contributed by atoms with Crippen molar-refractivity contribution in [2.24, 2.45) is 0 Å². The lowest BCUT2D eigenvalue weighted by Crippen LogP contribution is -2.57. The number of ether oxygens (including phenoxy) is 1. The smallest absolute Gasteiger partial charge is 0.331 e. The fraction of sp³-hybridized carbons (Fsp3) is 0.222. The first-order chi connectivity index (χ1) is 17.4. The lowest BCUT2D eigenvalue weighted by Gasteiger charge is -2.31. The predicted molar refractivity (Wildman–Crippen MR) is 132 cm³/mol. The van der Waals surface area contributed by atoms with Gasteiger partial charge in [0.15, 0.2) is 0 Å². The molecule has 4 amide bonds. The number of nitrogens with zero attached hydrogens (tertiary/aromatic N) is 2. The molecule has 9 nitrogen and oxygen atoms in total. The van der Waals surface area contributed by atoms with Gasteiger partial charge in [0.1, 0.15) is 17.9 Å². The highest BCUT2D eigenvalue weighted by molar-refractivity contribution is 6.31. The minimum atomic E-state index is -0.753. The summed E-state index contributed by atoms with van der Waals surface area (Å²) in [6.45, 7) is 0.0447. The van der Waals surface area contributed by atoms with E-state index in [1.807, 2.05) is 30.3 Å². The zero-order valence-corrected chi connectivity index (χ0v) is 19.3. The van der Waals surface area contributed by atoms with Crippen LogP contribution in [0.2, 0.25) is 0 Å². The summed E-state index contributed by atoms with van der Waals surface area (Å²) in [5, 5.41) is 15.0. The normalized spacial score (nSPS) is 17.6. The third kappa shape index (κ3) is 4.43.